The second kappa shape index (κ2) is 6.39. The van der Waals surface area contributed by atoms with E-state index in [1.165, 1.54) is 24.3 Å². The van der Waals surface area contributed by atoms with Crippen LogP contribution in [0.5, 0.6) is 0 Å². The Kier molecular flexibility index (Phi) is 4.74. The van der Waals surface area contributed by atoms with Gasteiger partial charge in [0, 0.05) is 19.3 Å². The maximum atomic E-state index is 11.9. The number of carbonyl (C=O) groups excluding carboxylic acids is 2. The number of carbonyl (C=O) groups is 2. The number of aryl methyl sites for hydroxylation is 1. The van der Waals surface area contributed by atoms with Crippen molar-refractivity contribution in [2.75, 3.05) is 25.2 Å². The number of ether oxygens (including phenoxy) is 1. The number of hydrogen-bond acceptors (Lipinski definition) is 7. The lowest BCUT2D eigenvalue weighted by Gasteiger charge is -2.23. The third-order valence-electron chi connectivity index (χ3n) is 3.47. The number of hydrogen-bond donors (Lipinski definition) is 0. The average Bonchev–Trinajstić information content (AvgIpc) is 2.84. The SMILES string of the molecule is Cc1cnc(C(=O)OCC(=O)N(C)[C@H]2CCS(=O)(=O)C2)cn1. The fourth-order valence-electron chi connectivity index (χ4n) is 2.09. The molecule has 0 unspecified atom stereocenters. The minimum atomic E-state index is -3.07. The van der Waals surface area contributed by atoms with Crippen molar-refractivity contribution < 1.29 is 22.7 Å². The molecule has 1 aliphatic rings. The minimum absolute atomic E-state index is 0.0181. The number of sulfone groups is 1. The lowest BCUT2D eigenvalue weighted by atomic mass is 10.2. The van der Waals surface area contributed by atoms with Crippen LogP contribution in [-0.4, -0.2) is 66.4 Å². The molecule has 2 rings (SSSR count). The van der Waals surface area contributed by atoms with Gasteiger partial charge in [-0.05, 0) is 13.3 Å². The zero-order chi connectivity index (χ0) is 16.3. The molecule has 0 spiro atoms. The smallest absolute Gasteiger partial charge is 0.359 e. The summed E-state index contributed by atoms with van der Waals surface area (Å²) in [5, 5.41) is 0. The summed E-state index contributed by atoms with van der Waals surface area (Å²) in [6, 6.07) is -0.365. The van der Waals surface area contributed by atoms with Crippen LogP contribution in [0.15, 0.2) is 12.4 Å². The fourth-order valence-corrected chi connectivity index (χ4v) is 3.86. The summed E-state index contributed by atoms with van der Waals surface area (Å²) in [4.78, 5) is 32.8. The molecule has 1 amide bonds. The highest BCUT2D eigenvalue weighted by molar-refractivity contribution is 7.91. The summed E-state index contributed by atoms with van der Waals surface area (Å²) >= 11 is 0. The van der Waals surface area contributed by atoms with Crippen LogP contribution >= 0.6 is 0 Å². The van der Waals surface area contributed by atoms with E-state index in [0.29, 0.717) is 12.1 Å². The molecule has 1 aromatic heterocycles. The topological polar surface area (TPSA) is 107 Å². The first-order valence-corrected chi connectivity index (χ1v) is 8.52. The van der Waals surface area contributed by atoms with E-state index in [1.54, 1.807) is 6.92 Å². The summed E-state index contributed by atoms with van der Waals surface area (Å²) in [7, 11) is -1.56. The molecule has 1 saturated heterocycles. The molecule has 1 aliphatic heterocycles. The van der Waals surface area contributed by atoms with Gasteiger partial charge in [0.2, 0.25) is 0 Å². The fraction of sp³-hybridized carbons (Fsp3) is 0.538. The number of aromatic nitrogens is 2. The molecule has 1 aromatic rings. The molecule has 8 nitrogen and oxygen atoms in total. The zero-order valence-electron chi connectivity index (χ0n) is 12.4. The highest BCUT2D eigenvalue weighted by Crippen LogP contribution is 2.16. The zero-order valence-corrected chi connectivity index (χ0v) is 13.2. The van der Waals surface area contributed by atoms with Gasteiger partial charge in [0.15, 0.2) is 22.1 Å². The van der Waals surface area contributed by atoms with Crippen LogP contribution in [0.3, 0.4) is 0 Å². The molecular formula is C13H17N3O5S. The summed E-state index contributed by atoms with van der Waals surface area (Å²) in [6.07, 6.45) is 3.10. The van der Waals surface area contributed by atoms with Crippen molar-refractivity contribution in [3.05, 3.63) is 23.8 Å². The van der Waals surface area contributed by atoms with E-state index in [1.807, 2.05) is 0 Å². The highest BCUT2D eigenvalue weighted by atomic mass is 32.2. The van der Waals surface area contributed by atoms with Gasteiger partial charge in [0.25, 0.3) is 5.91 Å². The average molecular weight is 327 g/mol. The van der Waals surface area contributed by atoms with Crippen LogP contribution < -0.4 is 0 Å². The molecule has 2 heterocycles. The minimum Gasteiger partial charge on any atom is -0.451 e. The van der Waals surface area contributed by atoms with E-state index in [-0.39, 0.29) is 23.2 Å². The first kappa shape index (κ1) is 16.3. The highest BCUT2D eigenvalue weighted by Gasteiger charge is 2.32. The normalized spacial score (nSPS) is 19.6. The van der Waals surface area contributed by atoms with E-state index >= 15 is 0 Å². The molecule has 120 valence electrons. The van der Waals surface area contributed by atoms with Crippen molar-refractivity contribution in [2.24, 2.45) is 0 Å². The lowest BCUT2D eigenvalue weighted by Crippen LogP contribution is -2.40. The van der Waals surface area contributed by atoms with E-state index in [9.17, 15) is 18.0 Å². The van der Waals surface area contributed by atoms with Gasteiger partial charge in [-0.15, -0.1) is 0 Å². The molecule has 22 heavy (non-hydrogen) atoms. The van der Waals surface area contributed by atoms with Gasteiger partial charge in [-0.25, -0.2) is 18.2 Å². The van der Waals surface area contributed by atoms with Crippen molar-refractivity contribution >= 4 is 21.7 Å². The molecule has 0 aromatic carbocycles. The van der Waals surface area contributed by atoms with Gasteiger partial charge in [0.05, 0.1) is 23.4 Å². The van der Waals surface area contributed by atoms with Crippen LogP contribution in [0, 0.1) is 6.92 Å². The summed E-state index contributed by atoms with van der Waals surface area (Å²) in [5.74, 6) is -1.16. The predicted octanol–water partition coefficient (Wildman–Crippen LogP) is -0.413. The van der Waals surface area contributed by atoms with Crippen LogP contribution in [-0.2, 0) is 19.4 Å². The second-order valence-corrected chi connectivity index (χ2v) is 7.41. The summed E-state index contributed by atoms with van der Waals surface area (Å²) in [6.45, 7) is 1.28. The summed E-state index contributed by atoms with van der Waals surface area (Å²) in [5.41, 5.74) is 0.680. The van der Waals surface area contributed by atoms with Gasteiger partial charge >= 0.3 is 5.97 Å². The maximum absolute atomic E-state index is 11.9. The molecule has 0 aliphatic carbocycles. The first-order chi connectivity index (χ1) is 10.3. The molecule has 0 N–H and O–H groups in total. The van der Waals surface area contributed by atoms with Crippen LogP contribution in [0.1, 0.15) is 22.6 Å². The first-order valence-electron chi connectivity index (χ1n) is 6.70. The molecular weight excluding hydrogens is 310 g/mol. The number of nitrogens with zero attached hydrogens (tertiary/aromatic N) is 3. The number of rotatable bonds is 4. The van der Waals surface area contributed by atoms with Gasteiger partial charge in [0.1, 0.15) is 0 Å². The molecule has 0 bridgehead atoms. The lowest BCUT2D eigenvalue weighted by molar-refractivity contribution is -0.134. The van der Waals surface area contributed by atoms with Crippen molar-refractivity contribution in [1.29, 1.82) is 0 Å². The van der Waals surface area contributed by atoms with Gasteiger partial charge in [-0.1, -0.05) is 0 Å². The van der Waals surface area contributed by atoms with E-state index in [4.69, 9.17) is 4.74 Å². The van der Waals surface area contributed by atoms with Crippen molar-refractivity contribution in [3.8, 4) is 0 Å². The largest absolute Gasteiger partial charge is 0.451 e. The number of esters is 1. The third-order valence-corrected chi connectivity index (χ3v) is 5.22. The second-order valence-electron chi connectivity index (χ2n) is 5.18. The number of amides is 1. The Morgan fingerprint density at radius 3 is 2.64 bits per heavy atom. The van der Waals surface area contributed by atoms with Crippen molar-refractivity contribution in [1.82, 2.24) is 14.9 Å². The van der Waals surface area contributed by atoms with E-state index < -0.39 is 28.3 Å². The maximum Gasteiger partial charge on any atom is 0.359 e. The summed E-state index contributed by atoms with van der Waals surface area (Å²) < 4.78 is 27.7. The van der Waals surface area contributed by atoms with Gasteiger partial charge in [-0.2, -0.15) is 0 Å². The van der Waals surface area contributed by atoms with E-state index in [2.05, 4.69) is 9.97 Å². The van der Waals surface area contributed by atoms with Crippen molar-refractivity contribution in [2.45, 2.75) is 19.4 Å². The monoisotopic (exact) mass is 327 g/mol. The van der Waals surface area contributed by atoms with E-state index in [0.717, 1.165) is 0 Å². The molecule has 0 saturated carbocycles. The standard InChI is InChI=1S/C13H17N3O5S/c1-9-5-15-11(6-14-9)13(18)21-7-12(17)16(2)10-3-4-22(19,20)8-10/h5-6,10H,3-4,7-8H2,1-2H3/t10-/m0/s1. The van der Waals surface area contributed by atoms with Crippen LogP contribution in [0.4, 0.5) is 0 Å². The predicted molar refractivity (Wildman–Crippen MR) is 76.9 cm³/mol. The molecule has 1 fully saturated rings. The van der Waals surface area contributed by atoms with Crippen LogP contribution in [0.25, 0.3) is 0 Å². The Morgan fingerprint density at radius 1 is 1.36 bits per heavy atom. The molecule has 0 radical (unpaired) electrons. The molecule has 9 heteroatoms. The van der Waals surface area contributed by atoms with Crippen LogP contribution in [0.2, 0.25) is 0 Å². The van der Waals surface area contributed by atoms with Crippen molar-refractivity contribution in [3.63, 3.8) is 0 Å². The Morgan fingerprint density at radius 2 is 2.09 bits per heavy atom. The number of likely N-dealkylation sites (N-methyl/N-ethyl adjacent to an activating group) is 1. The third kappa shape index (κ3) is 4.00. The Balaban J connectivity index is 1.87. The van der Waals surface area contributed by atoms with Gasteiger partial charge < -0.3 is 9.64 Å². The van der Waals surface area contributed by atoms with Gasteiger partial charge in [-0.3, -0.25) is 9.78 Å². The molecule has 1 atom stereocenters. The quantitative estimate of drug-likeness (QED) is 0.692. The Bertz CT molecular complexity index is 671. The Labute approximate surface area is 128 Å². The Hall–Kier alpha value is -2.03.